The van der Waals surface area contributed by atoms with Gasteiger partial charge >= 0.3 is 0 Å². The molecule has 1 saturated heterocycles. The van der Waals surface area contributed by atoms with E-state index in [1.807, 2.05) is 45.9 Å². The van der Waals surface area contributed by atoms with Gasteiger partial charge in [0, 0.05) is 24.8 Å². The van der Waals surface area contributed by atoms with Crippen molar-refractivity contribution in [2.45, 2.75) is 51.7 Å². The minimum Gasteiger partial charge on any atom is -0.348 e. The average molecular weight is 458 g/mol. The van der Waals surface area contributed by atoms with E-state index in [1.54, 1.807) is 4.57 Å². The first-order valence-electron chi connectivity index (χ1n) is 10.5. The Morgan fingerprint density at radius 3 is 2.52 bits per heavy atom. The molecule has 0 bridgehead atoms. The number of fused-ring (bicyclic) bond motifs is 1. The summed E-state index contributed by atoms with van der Waals surface area (Å²) in [6, 6.07) is 5.86. The number of carbonyl (C=O) groups is 1. The van der Waals surface area contributed by atoms with E-state index in [1.165, 1.54) is 23.1 Å². The summed E-state index contributed by atoms with van der Waals surface area (Å²) in [5, 5.41) is 4.39. The second-order valence-corrected chi connectivity index (χ2v) is 10.0. The molecule has 9 heteroatoms. The van der Waals surface area contributed by atoms with E-state index >= 15 is 0 Å². The summed E-state index contributed by atoms with van der Waals surface area (Å²) >= 11 is 2.70. The number of thiazole rings is 1. The molecule has 3 heterocycles. The Morgan fingerprint density at radius 2 is 1.87 bits per heavy atom. The molecule has 4 rings (SSSR count). The predicted octanol–water partition coefficient (Wildman–Crippen LogP) is 4.38. The van der Waals surface area contributed by atoms with Crippen LogP contribution >= 0.6 is 23.1 Å². The van der Waals surface area contributed by atoms with Crippen molar-refractivity contribution in [3.05, 3.63) is 39.7 Å². The molecule has 31 heavy (non-hydrogen) atoms. The molecule has 1 aromatic carbocycles. The molecule has 0 radical (unpaired) electrons. The fourth-order valence-electron chi connectivity index (χ4n) is 3.78. The Morgan fingerprint density at radius 1 is 1.19 bits per heavy atom. The van der Waals surface area contributed by atoms with E-state index in [4.69, 9.17) is 0 Å². The Bertz CT molecular complexity index is 1160. The van der Waals surface area contributed by atoms with Gasteiger partial charge in [-0.3, -0.25) is 14.2 Å². The number of hydrogen-bond donors (Lipinski definition) is 1. The van der Waals surface area contributed by atoms with E-state index in [2.05, 4.69) is 20.2 Å². The van der Waals surface area contributed by atoms with Crippen molar-refractivity contribution in [2.75, 3.05) is 29.1 Å². The Balaban J connectivity index is 1.59. The topological polar surface area (TPSA) is 80.1 Å². The number of nitrogens with one attached hydrogen (secondary N) is 1. The second kappa shape index (κ2) is 9.00. The van der Waals surface area contributed by atoms with Gasteiger partial charge in [-0.25, -0.2) is 4.98 Å². The summed E-state index contributed by atoms with van der Waals surface area (Å²) < 4.78 is 2.26. The zero-order valence-corrected chi connectivity index (χ0v) is 19.9. The standard InChI is InChI=1S/C22H27N5O2S2/c1-13(2)27-20(29)18-19(24-21(31-18)26-10-5-6-11-26)25-22(27)30-12-16(28)23-17-14(3)8-7-9-15(17)4/h7-9,13H,5-6,10-12H2,1-4H3,(H,23,28). The number of thioether (sulfide) groups is 1. The molecule has 1 N–H and O–H groups in total. The second-order valence-electron chi connectivity index (χ2n) is 8.11. The molecule has 0 unspecified atom stereocenters. The lowest BCUT2D eigenvalue weighted by Crippen LogP contribution is -2.25. The number of carbonyl (C=O) groups excluding carboxylic acids is 1. The van der Waals surface area contributed by atoms with Crippen LogP contribution in [0.2, 0.25) is 0 Å². The molecule has 0 saturated carbocycles. The quantitative estimate of drug-likeness (QED) is 0.437. The highest BCUT2D eigenvalue weighted by atomic mass is 32.2. The first-order valence-corrected chi connectivity index (χ1v) is 12.3. The van der Waals surface area contributed by atoms with E-state index in [0.717, 1.165) is 47.9 Å². The van der Waals surface area contributed by atoms with Crippen molar-refractivity contribution in [1.29, 1.82) is 0 Å². The van der Waals surface area contributed by atoms with Crippen molar-refractivity contribution in [3.63, 3.8) is 0 Å². The van der Waals surface area contributed by atoms with Gasteiger partial charge in [0.05, 0.1) is 5.75 Å². The Labute approximate surface area is 189 Å². The summed E-state index contributed by atoms with van der Waals surface area (Å²) in [5.41, 5.74) is 3.28. The number of benzene rings is 1. The largest absolute Gasteiger partial charge is 0.348 e. The van der Waals surface area contributed by atoms with Crippen molar-refractivity contribution in [2.24, 2.45) is 0 Å². The van der Waals surface area contributed by atoms with Gasteiger partial charge in [-0.2, -0.15) is 4.98 Å². The first-order chi connectivity index (χ1) is 14.8. The third kappa shape index (κ3) is 4.48. The minimum atomic E-state index is -0.122. The van der Waals surface area contributed by atoms with Gasteiger partial charge in [-0.1, -0.05) is 41.3 Å². The Hall–Kier alpha value is -2.39. The zero-order valence-electron chi connectivity index (χ0n) is 18.3. The molecule has 1 amide bonds. The van der Waals surface area contributed by atoms with Crippen molar-refractivity contribution >= 4 is 50.2 Å². The SMILES string of the molecule is Cc1cccc(C)c1NC(=O)CSc1nc2nc(N3CCCC3)sc2c(=O)n1C(C)C. The molecule has 0 spiro atoms. The molecule has 0 atom stereocenters. The molecule has 3 aromatic rings. The van der Waals surface area contributed by atoms with Crippen molar-refractivity contribution in [3.8, 4) is 0 Å². The average Bonchev–Trinajstić information content (AvgIpc) is 3.38. The van der Waals surface area contributed by atoms with Crippen LogP contribution in [0.4, 0.5) is 10.8 Å². The Kier molecular flexibility index (Phi) is 6.34. The van der Waals surface area contributed by atoms with Crippen LogP contribution in [0.15, 0.2) is 28.2 Å². The van der Waals surface area contributed by atoms with Gasteiger partial charge in [-0.15, -0.1) is 0 Å². The third-order valence-corrected chi connectivity index (χ3v) is 7.44. The highest BCUT2D eigenvalue weighted by Gasteiger charge is 2.22. The van der Waals surface area contributed by atoms with Gasteiger partial charge in [0.25, 0.3) is 5.56 Å². The van der Waals surface area contributed by atoms with E-state index in [9.17, 15) is 9.59 Å². The number of aromatic nitrogens is 3. The monoisotopic (exact) mass is 457 g/mol. The van der Waals surface area contributed by atoms with Crippen LogP contribution in [0.3, 0.4) is 0 Å². The van der Waals surface area contributed by atoms with Gasteiger partial charge in [0.2, 0.25) is 5.91 Å². The number of amides is 1. The van der Waals surface area contributed by atoms with Gasteiger partial charge < -0.3 is 10.2 Å². The minimum absolute atomic E-state index is 0.0640. The fourth-order valence-corrected chi connectivity index (χ4v) is 5.69. The molecule has 2 aromatic heterocycles. The predicted molar refractivity (Wildman–Crippen MR) is 129 cm³/mol. The maximum atomic E-state index is 13.2. The van der Waals surface area contributed by atoms with Crippen LogP contribution in [0.5, 0.6) is 0 Å². The maximum Gasteiger partial charge on any atom is 0.274 e. The normalized spacial score (nSPS) is 14.0. The fraction of sp³-hybridized carbons (Fsp3) is 0.455. The van der Waals surface area contributed by atoms with E-state index in [-0.39, 0.29) is 23.3 Å². The van der Waals surface area contributed by atoms with Crippen LogP contribution in [-0.4, -0.2) is 39.3 Å². The number of rotatable bonds is 6. The van der Waals surface area contributed by atoms with Gasteiger partial charge in [-0.05, 0) is 51.7 Å². The molecule has 164 valence electrons. The highest BCUT2D eigenvalue weighted by Crippen LogP contribution is 2.30. The first kappa shape index (κ1) is 21.8. The van der Waals surface area contributed by atoms with E-state index in [0.29, 0.717) is 15.5 Å². The number of anilines is 2. The number of para-hydroxylation sites is 1. The lowest BCUT2D eigenvalue weighted by molar-refractivity contribution is -0.113. The molecule has 1 fully saturated rings. The van der Waals surface area contributed by atoms with Gasteiger partial charge in [0.1, 0.15) is 4.70 Å². The molecule has 1 aliphatic heterocycles. The van der Waals surface area contributed by atoms with Gasteiger partial charge in [0.15, 0.2) is 15.9 Å². The summed E-state index contributed by atoms with van der Waals surface area (Å²) in [6.07, 6.45) is 2.30. The van der Waals surface area contributed by atoms with Crippen LogP contribution in [-0.2, 0) is 4.79 Å². The maximum absolute atomic E-state index is 13.2. The summed E-state index contributed by atoms with van der Waals surface area (Å²) in [5.74, 6) is 0.0461. The number of aryl methyl sites for hydroxylation is 2. The van der Waals surface area contributed by atoms with Crippen molar-refractivity contribution < 1.29 is 4.79 Å². The summed E-state index contributed by atoms with van der Waals surface area (Å²) in [4.78, 5) is 37.4. The summed E-state index contributed by atoms with van der Waals surface area (Å²) in [7, 11) is 0. The van der Waals surface area contributed by atoms with Crippen molar-refractivity contribution in [1.82, 2.24) is 14.5 Å². The van der Waals surface area contributed by atoms with Crippen LogP contribution in [0.25, 0.3) is 10.3 Å². The lowest BCUT2D eigenvalue weighted by atomic mass is 10.1. The van der Waals surface area contributed by atoms with E-state index < -0.39 is 0 Å². The third-order valence-electron chi connectivity index (χ3n) is 5.39. The lowest BCUT2D eigenvalue weighted by Gasteiger charge is -2.15. The number of nitrogens with zero attached hydrogens (tertiary/aromatic N) is 4. The molecule has 1 aliphatic rings. The smallest absolute Gasteiger partial charge is 0.274 e. The van der Waals surface area contributed by atoms with Crippen LogP contribution < -0.4 is 15.8 Å². The molecular weight excluding hydrogens is 430 g/mol. The van der Waals surface area contributed by atoms with Crippen LogP contribution in [0.1, 0.15) is 43.9 Å². The molecule has 7 nitrogen and oxygen atoms in total. The number of hydrogen-bond acceptors (Lipinski definition) is 7. The molecular formula is C22H27N5O2S2. The van der Waals surface area contributed by atoms with Crippen LogP contribution in [0, 0.1) is 13.8 Å². The molecule has 0 aliphatic carbocycles. The highest BCUT2D eigenvalue weighted by molar-refractivity contribution is 7.99. The zero-order chi connectivity index (χ0) is 22.1. The summed E-state index contributed by atoms with van der Waals surface area (Å²) in [6.45, 7) is 9.80.